The number of hydrogen-bond acceptors (Lipinski definition) is 4. The first-order valence-corrected chi connectivity index (χ1v) is 8.22. The van der Waals surface area contributed by atoms with E-state index in [1.807, 2.05) is 13.8 Å². The summed E-state index contributed by atoms with van der Waals surface area (Å²) in [4.78, 5) is 11.2. The maximum Gasteiger partial charge on any atom is 0.214 e. The normalized spacial score (nSPS) is 18.8. The number of aryl methyl sites for hydroxylation is 2. The van der Waals surface area contributed by atoms with Crippen molar-refractivity contribution in [2.75, 3.05) is 33.2 Å². The number of aliphatic imine (C=N–C) groups is 1. The monoisotopic (exact) mass is 435 g/mol. The van der Waals surface area contributed by atoms with Gasteiger partial charge < -0.3 is 20.0 Å². The molecule has 0 aromatic carbocycles. The summed E-state index contributed by atoms with van der Waals surface area (Å²) in [6, 6.07) is 0. The van der Waals surface area contributed by atoms with Crippen LogP contribution in [-0.2, 0) is 6.54 Å². The fourth-order valence-electron chi connectivity index (χ4n) is 2.83. The maximum absolute atomic E-state index is 5.57. The second-order valence-corrected chi connectivity index (χ2v) is 6.01. The third kappa shape index (κ3) is 6.29. The third-order valence-electron chi connectivity index (χ3n) is 4.17. The van der Waals surface area contributed by atoms with Crippen molar-refractivity contribution in [1.82, 2.24) is 20.5 Å². The number of likely N-dealkylation sites (tertiary alicyclic amines) is 1. The molecule has 0 saturated carbocycles. The molecule has 23 heavy (non-hydrogen) atoms. The molecule has 0 bridgehead atoms. The van der Waals surface area contributed by atoms with Gasteiger partial charge in [-0.3, -0.25) is 4.99 Å². The molecule has 7 heteroatoms. The van der Waals surface area contributed by atoms with E-state index in [0.717, 1.165) is 24.0 Å². The molecule has 2 rings (SSSR count). The Labute approximate surface area is 156 Å². The van der Waals surface area contributed by atoms with Crippen molar-refractivity contribution in [2.24, 2.45) is 10.9 Å². The summed E-state index contributed by atoms with van der Waals surface area (Å²) in [5.74, 6) is 3.09. The Balaban J connectivity index is 0.00000264. The van der Waals surface area contributed by atoms with Crippen molar-refractivity contribution in [2.45, 2.75) is 40.2 Å². The van der Waals surface area contributed by atoms with Gasteiger partial charge in [0.15, 0.2) is 5.96 Å². The van der Waals surface area contributed by atoms with E-state index in [9.17, 15) is 0 Å². The van der Waals surface area contributed by atoms with Crippen LogP contribution in [0.4, 0.5) is 0 Å². The number of aromatic nitrogens is 1. The molecule has 0 aliphatic carbocycles. The molecule has 1 atom stereocenters. The average Bonchev–Trinajstić information content (AvgIpc) is 3.07. The predicted octanol–water partition coefficient (Wildman–Crippen LogP) is 2.31. The van der Waals surface area contributed by atoms with Crippen LogP contribution in [0.15, 0.2) is 9.41 Å². The lowest BCUT2D eigenvalue weighted by atomic mass is 10.1. The van der Waals surface area contributed by atoms with E-state index < -0.39 is 0 Å². The first kappa shape index (κ1) is 20.2. The fourth-order valence-corrected chi connectivity index (χ4v) is 2.83. The summed E-state index contributed by atoms with van der Waals surface area (Å²) < 4.78 is 5.57. The van der Waals surface area contributed by atoms with Gasteiger partial charge in [-0.1, -0.05) is 6.92 Å². The number of halogens is 1. The van der Waals surface area contributed by atoms with Gasteiger partial charge in [0.2, 0.25) is 5.89 Å². The van der Waals surface area contributed by atoms with Crippen molar-refractivity contribution < 1.29 is 4.42 Å². The Kier molecular flexibility index (Phi) is 8.90. The van der Waals surface area contributed by atoms with Gasteiger partial charge in [0.05, 0.1) is 12.2 Å². The number of nitrogens with zero attached hydrogens (tertiary/aromatic N) is 3. The lowest BCUT2D eigenvalue weighted by Crippen LogP contribution is -2.40. The second-order valence-electron chi connectivity index (χ2n) is 6.01. The van der Waals surface area contributed by atoms with Crippen molar-refractivity contribution >= 4 is 29.9 Å². The highest BCUT2D eigenvalue weighted by molar-refractivity contribution is 14.0. The maximum atomic E-state index is 5.57. The molecule has 1 saturated heterocycles. The predicted molar refractivity (Wildman–Crippen MR) is 104 cm³/mol. The van der Waals surface area contributed by atoms with Gasteiger partial charge in [-0.15, -0.1) is 24.0 Å². The van der Waals surface area contributed by atoms with Crippen molar-refractivity contribution in [3.63, 3.8) is 0 Å². The zero-order valence-electron chi connectivity index (χ0n) is 14.7. The minimum absolute atomic E-state index is 0. The Morgan fingerprint density at radius 3 is 2.78 bits per heavy atom. The van der Waals surface area contributed by atoms with Crippen LogP contribution in [0.2, 0.25) is 0 Å². The van der Waals surface area contributed by atoms with Gasteiger partial charge in [-0.05, 0) is 45.7 Å². The van der Waals surface area contributed by atoms with Crippen LogP contribution in [0.25, 0.3) is 0 Å². The van der Waals surface area contributed by atoms with Gasteiger partial charge in [0, 0.05) is 20.1 Å². The quantitative estimate of drug-likeness (QED) is 0.408. The molecule has 1 unspecified atom stereocenters. The van der Waals surface area contributed by atoms with Crippen molar-refractivity contribution in [3.8, 4) is 0 Å². The Morgan fingerprint density at radius 2 is 2.17 bits per heavy atom. The summed E-state index contributed by atoms with van der Waals surface area (Å²) in [5, 5.41) is 6.66. The highest BCUT2D eigenvalue weighted by Gasteiger charge is 2.21. The summed E-state index contributed by atoms with van der Waals surface area (Å²) in [5.41, 5.74) is 0.946. The highest BCUT2D eigenvalue weighted by atomic mass is 127. The summed E-state index contributed by atoms with van der Waals surface area (Å²) in [7, 11) is 1.79. The lowest BCUT2D eigenvalue weighted by Gasteiger charge is -2.16. The zero-order valence-corrected chi connectivity index (χ0v) is 17.0. The van der Waals surface area contributed by atoms with Crippen molar-refractivity contribution in [1.29, 1.82) is 0 Å². The van der Waals surface area contributed by atoms with E-state index in [1.54, 1.807) is 7.05 Å². The Morgan fingerprint density at radius 1 is 1.39 bits per heavy atom. The van der Waals surface area contributed by atoms with Gasteiger partial charge >= 0.3 is 0 Å². The molecule has 132 valence electrons. The van der Waals surface area contributed by atoms with Crippen LogP contribution in [0.1, 0.15) is 37.1 Å². The molecule has 1 aromatic heterocycles. The molecular formula is C16H30IN5O. The fraction of sp³-hybridized carbons (Fsp3) is 0.750. The van der Waals surface area contributed by atoms with Gasteiger partial charge in [0.1, 0.15) is 5.76 Å². The smallest absolute Gasteiger partial charge is 0.214 e. The molecule has 1 fully saturated rings. The van der Waals surface area contributed by atoms with Gasteiger partial charge in [-0.2, -0.15) is 0 Å². The molecule has 0 radical (unpaired) electrons. The number of nitrogens with one attached hydrogen (secondary N) is 2. The average molecular weight is 435 g/mol. The standard InChI is InChI=1S/C16H29N5O.HI/c1-5-7-21-8-6-14(11-21)9-18-16(17-4)19-10-15-20-12(2)13(3)22-15;/h14H,5-11H2,1-4H3,(H2,17,18,19);1H. The molecule has 1 aliphatic heterocycles. The highest BCUT2D eigenvalue weighted by Crippen LogP contribution is 2.15. The van der Waals surface area contributed by atoms with E-state index in [2.05, 4.69) is 32.4 Å². The van der Waals surface area contributed by atoms with E-state index in [1.165, 1.54) is 32.5 Å². The largest absolute Gasteiger partial charge is 0.444 e. The number of guanidine groups is 1. The minimum Gasteiger partial charge on any atom is -0.444 e. The van der Waals surface area contributed by atoms with Gasteiger partial charge in [-0.25, -0.2) is 4.98 Å². The molecule has 1 aliphatic rings. The first-order valence-electron chi connectivity index (χ1n) is 8.22. The second kappa shape index (κ2) is 10.1. The Hall–Kier alpha value is -0.830. The van der Waals surface area contributed by atoms with Crippen LogP contribution in [0.5, 0.6) is 0 Å². The summed E-state index contributed by atoms with van der Waals surface area (Å²) in [6.45, 7) is 11.3. The summed E-state index contributed by atoms with van der Waals surface area (Å²) in [6.07, 6.45) is 2.50. The summed E-state index contributed by atoms with van der Waals surface area (Å²) >= 11 is 0. The van der Waals surface area contributed by atoms with Crippen LogP contribution < -0.4 is 10.6 Å². The molecule has 0 amide bonds. The zero-order chi connectivity index (χ0) is 15.9. The SMILES string of the molecule is CCCN1CCC(CNC(=NC)NCc2nc(C)c(C)o2)C1.I. The molecule has 1 aromatic rings. The topological polar surface area (TPSA) is 65.7 Å². The molecule has 2 heterocycles. The van der Waals surface area contributed by atoms with Crippen LogP contribution in [0.3, 0.4) is 0 Å². The molecule has 0 spiro atoms. The molecular weight excluding hydrogens is 405 g/mol. The van der Waals surface area contributed by atoms with Gasteiger partial charge in [0.25, 0.3) is 0 Å². The molecule has 6 nitrogen and oxygen atoms in total. The Bertz CT molecular complexity index is 483. The van der Waals surface area contributed by atoms with Crippen LogP contribution >= 0.6 is 24.0 Å². The van der Waals surface area contributed by atoms with Crippen LogP contribution in [-0.4, -0.2) is 49.1 Å². The van der Waals surface area contributed by atoms with Crippen LogP contribution in [0, 0.1) is 19.8 Å². The first-order chi connectivity index (χ1) is 10.6. The van der Waals surface area contributed by atoms with E-state index >= 15 is 0 Å². The number of oxazole rings is 1. The lowest BCUT2D eigenvalue weighted by molar-refractivity contribution is 0.324. The molecule has 2 N–H and O–H groups in total. The number of hydrogen-bond donors (Lipinski definition) is 2. The van der Waals surface area contributed by atoms with E-state index in [4.69, 9.17) is 4.42 Å². The van der Waals surface area contributed by atoms with E-state index in [0.29, 0.717) is 18.4 Å². The van der Waals surface area contributed by atoms with Crippen molar-refractivity contribution in [3.05, 3.63) is 17.3 Å². The minimum atomic E-state index is 0. The van der Waals surface area contributed by atoms with E-state index in [-0.39, 0.29) is 24.0 Å². The third-order valence-corrected chi connectivity index (χ3v) is 4.17. The number of rotatable bonds is 6.